The summed E-state index contributed by atoms with van der Waals surface area (Å²) >= 11 is 1.48. The number of aromatic nitrogens is 4. The van der Waals surface area contributed by atoms with Gasteiger partial charge in [0.25, 0.3) is 0 Å². The number of amides is 1. The number of hydrogen-bond acceptors (Lipinski definition) is 5. The lowest BCUT2D eigenvalue weighted by molar-refractivity contribution is -0.129. The van der Waals surface area contributed by atoms with E-state index < -0.39 is 0 Å². The first-order chi connectivity index (χ1) is 13.7. The molecule has 0 unspecified atom stereocenters. The van der Waals surface area contributed by atoms with Crippen LogP contribution in [0.3, 0.4) is 0 Å². The topological polar surface area (TPSA) is 63.9 Å². The molecule has 0 spiro atoms. The lowest BCUT2D eigenvalue weighted by Gasteiger charge is -2.20. The van der Waals surface area contributed by atoms with Crippen molar-refractivity contribution in [2.75, 3.05) is 13.1 Å². The zero-order valence-corrected chi connectivity index (χ0v) is 16.7. The normalized spacial score (nSPS) is 15.0. The van der Waals surface area contributed by atoms with Gasteiger partial charge in [-0.1, -0.05) is 42.1 Å². The van der Waals surface area contributed by atoms with E-state index in [1.165, 1.54) is 11.8 Å². The van der Waals surface area contributed by atoms with Crippen molar-refractivity contribution in [2.45, 2.75) is 36.7 Å². The highest BCUT2D eigenvalue weighted by atomic mass is 32.2. The monoisotopic (exact) mass is 393 g/mol. The predicted octanol–water partition coefficient (Wildman–Crippen LogP) is 3.49. The van der Waals surface area contributed by atoms with Crippen molar-refractivity contribution in [3.8, 4) is 11.4 Å². The molecule has 0 bridgehead atoms. The summed E-state index contributed by atoms with van der Waals surface area (Å²) in [4.78, 5) is 18.9. The van der Waals surface area contributed by atoms with Gasteiger partial charge in [0.1, 0.15) is 0 Å². The highest BCUT2D eigenvalue weighted by Gasteiger charge is 2.26. The van der Waals surface area contributed by atoms with E-state index in [2.05, 4.69) is 31.9 Å². The number of carbonyl (C=O) groups excluding carboxylic acids is 1. The van der Waals surface area contributed by atoms with E-state index in [9.17, 15) is 4.79 Å². The van der Waals surface area contributed by atoms with Crippen LogP contribution >= 0.6 is 11.8 Å². The van der Waals surface area contributed by atoms with Crippen LogP contribution in [0.5, 0.6) is 0 Å². The minimum atomic E-state index is -0.196. The van der Waals surface area contributed by atoms with Crippen molar-refractivity contribution in [3.05, 3.63) is 60.4 Å². The molecule has 0 radical (unpaired) electrons. The number of rotatable bonds is 6. The molecule has 3 aromatic rings. The fourth-order valence-electron chi connectivity index (χ4n) is 3.40. The molecule has 1 atom stereocenters. The molecule has 1 aliphatic heterocycles. The third-order valence-electron chi connectivity index (χ3n) is 4.87. The summed E-state index contributed by atoms with van der Waals surface area (Å²) in [6.45, 7) is 4.32. The number of carbonyl (C=O) groups is 1. The average molecular weight is 394 g/mol. The average Bonchev–Trinajstić information content (AvgIpc) is 3.40. The summed E-state index contributed by atoms with van der Waals surface area (Å²) in [7, 11) is 0. The quantitative estimate of drug-likeness (QED) is 0.600. The van der Waals surface area contributed by atoms with Crippen molar-refractivity contribution >= 4 is 17.7 Å². The molecule has 0 aliphatic carbocycles. The lowest BCUT2D eigenvalue weighted by Crippen LogP contribution is -2.34. The Bertz CT molecular complexity index is 922. The summed E-state index contributed by atoms with van der Waals surface area (Å²) in [5, 5.41) is 9.39. The summed E-state index contributed by atoms with van der Waals surface area (Å²) < 4.78 is 2.07. The maximum absolute atomic E-state index is 12.7. The SMILES string of the molecule is C[C@@H](Sc1nnc(-c2cccnc2)n1Cc1ccccc1)C(=O)N1CCCC1. The van der Waals surface area contributed by atoms with Crippen molar-refractivity contribution in [2.24, 2.45) is 0 Å². The smallest absolute Gasteiger partial charge is 0.235 e. The predicted molar refractivity (Wildman–Crippen MR) is 110 cm³/mol. The van der Waals surface area contributed by atoms with Gasteiger partial charge in [-0.25, -0.2) is 0 Å². The Balaban J connectivity index is 1.62. The van der Waals surface area contributed by atoms with Gasteiger partial charge in [-0.05, 0) is 37.5 Å². The van der Waals surface area contributed by atoms with Gasteiger partial charge in [0, 0.05) is 31.0 Å². The van der Waals surface area contributed by atoms with E-state index >= 15 is 0 Å². The Kier molecular flexibility index (Phi) is 5.71. The zero-order chi connectivity index (χ0) is 19.3. The summed E-state index contributed by atoms with van der Waals surface area (Å²) in [5.74, 6) is 0.944. The van der Waals surface area contributed by atoms with Gasteiger partial charge < -0.3 is 4.90 Å². The van der Waals surface area contributed by atoms with E-state index in [-0.39, 0.29) is 11.2 Å². The molecule has 1 aromatic carbocycles. The standard InChI is InChI=1S/C21H23N5OS/c1-16(20(27)25-12-5-6-13-25)28-21-24-23-19(18-10-7-11-22-14-18)26(21)15-17-8-3-2-4-9-17/h2-4,7-11,14,16H,5-6,12-13,15H2,1H3/t16-/m1/s1. The first kappa shape index (κ1) is 18.7. The molecule has 0 saturated carbocycles. The third-order valence-corrected chi connectivity index (χ3v) is 5.94. The number of thioether (sulfide) groups is 1. The first-order valence-electron chi connectivity index (χ1n) is 9.55. The second kappa shape index (κ2) is 8.56. The molecular weight excluding hydrogens is 370 g/mol. The minimum absolute atomic E-state index is 0.180. The molecule has 1 saturated heterocycles. The van der Waals surface area contributed by atoms with E-state index in [4.69, 9.17) is 0 Å². The largest absolute Gasteiger partial charge is 0.342 e. The maximum atomic E-state index is 12.7. The molecule has 28 heavy (non-hydrogen) atoms. The Morgan fingerprint density at radius 3 is 2.61 bits per heavy atom. The highest BCUT2D eigenvalue weighted by molar-refractivity contribution is 8.00. The van der Waals surface area contributed by atoms with Gasteiger partial charge in [-0.15, -0.1) is 10.2 Å². The van der Waals surface area contributed by atoms with E-state index in [1.54, 1.807) is 12.4 Å². The van der Waals surface area contributed by atoms with Crippen LogP contribution in [0, 0.1) is 0 Å². The van der Waals surface area contributed by atoms with E-state index in [0.29, 0.717) is 6.54 Å². The fourth-order valence-corrected chi connectivity index (χ4v) is 4.33. The fraction of sp³-hybridized carbons (Fsp3) is 0.333. The Morgan fingerprint density at radius 1 is 1.11 bits per heavy atom. The molecule has 0 N–H and O–H groups in total. The Morgan fingerprint density at radius 2 is 1.89 bits per heavy atom. The molecule has 6 nitrogen and oxygen atoms in total. The van der Waals surface area contributed by atoms with Gasteiger partial charge >= 0.3 is 0 Å². The summed E-state index contributed by atoms with van der Waals surface area (Å²) in [6.07, 6.45) is 5.73. The van der Waals surface area contributed by atoms with Gasteiger partial charge in [0.2, 0.25) is 5.91 Å². The second-order valence-electron chi connectivity index (χ2n) is 6.91. The molecule has 2 aromatic heterocycles. The molecule has 3 heterocycles. The number of hydrogen-bond donors (Lipinski definition) is 0. The highest BCUT2D eigenvalue weighted by Crippen LogP contribution is 2.28. The third kappa shape index (κ3) is 4.09. The number of benzene rings is 1. The Labute approximate surface area is 169 Å². The number of nitrogens with zero attached hydrogens (tertiary/aromatic N) is 5. The first-order valence-corrected chi connectivity index (χ1v) is 10.4. The van der Waals surface area contributed by atoms with E-state index in [1.807, 2.05) is 42.2 Å². The van der Waals surface area contributed by atoms with Crippen LogP contribution in [-0.2, 0) is 11.3 Å². The van der Waals surface area contributed by atoms with Gasteiger partial charge in [0.05, 0.1) is 11.8 Å². The molecule has 7 heteroatoms. The van der Waals surface area contributed by atoms with Gasteiger partial charge in [-0.2, -0.15) is 0 Å². The van der Waals surface area contributed by atoms with Crippen molar-refractivity contribution in [1.29, 1.82) is 0 Å². The van der Waals surface area contributed by atoms with Crippen LogP contribution in [0.4, 0.5) is 0 Å². The second-order valence-corrected chi connectivity index (χ2v) is 8.22. The zero-order valence-electron chi connectivity index (χ0n) is 15.9. The molecule has 1 fully saturated rings. The van der Waals surface area contributed by atoms with E-state index in [0.717, 1.165) is 48.0 Å². The van der Waals surface area contributed by atoms with Gasteiger partial charge in [-0.3, -0.25) is 14.3 Å². The van der Waals surface area contributed by atoms with Crippen LogP contribution in [-0.4, -0.2) is 48.9 Å². The molecule has 1 aliphatic rings. The van der Waals surface area contributed by atoms with Crippen LogP contribution in [0.15, 0.2) is 60.0 Å². The van der Waals surface area contributed by atoms with Crippen molar-refractivity contribution in [3.63, 3.8) is 0 Å². The van der Waals surface area contributed by atoms with Crippen LogP contribution in [0.2, 0.25) is 0 Å². The van der Waals surface area contributed by atoms with Crippen LogP contribution in [0.25, 0.3) is 11.4 Å². The number of pyridine rings is 1. The minimum Gasteiger partial charge on any atom is -0.342 e. The molecule has 4 rings (SSSR count). The summed E-state index contributed by atoms with van der Waals surface area (Å²) in [6, 6.07) is 14.1. The lowest BCUT2D eigenvalue weighted by atomic mass is 10.2. The van der Waals surface area contributed by atoms with Crippen molar-refractivity contribution < 1.29 is 4.79 Å². The van der Waals surface area contributed by atoms with Crippen molar-refractivity contribution in [1.82, 2.24) is 24.6 Å². The van der Waals surface area contributed by atoms with Gasteiger partial charge in [0.15, 0.2) is 11.0 Å². The Hall–Kier alpha value is -2.67. The number of likely N-dealkylation sites (tertiary alicyclic amines) is 1. The molecule has 1 amide bonds. The summed E-state index contributed by atoms with van der Waals surface area (Å²) in [5.41, 5.74) is 2.07. The molecular formula is C21H23N5OS. The maximum Gasteiger partial charge on any atom is 0.235 e. The van der Waals surface area contributed by atoms with Crippen LogP contribution in [0.1, 0.15) is 25.3 Å². The molecule has 144 valence electrons. The van der Waals surface area contributed by atoms with Crippen LogP contribution < -0.4 is 0 Å².